The minimum atomic E-state index is -0.489. The molecule has 0 saturated carbocycles. The van der Waals surface area contributed by atoms with Crippen LogP contribution in [0, 0.1) is 0 Å². The van der Waals surface area contributed by atoms with Crippen LogP contribution in [0.15, 0.2) is 30.5 Å². The lowest BCUT2D eigenvalue weighted by molar-refractivity contribution is 0.166. The SMILES string of the molecule is CCn1nc(-c2c[nH]c3ccccc23)nc1C(C)NC(=O)OC. The van der Waals surface area contributed by atoms with E-state index in [1.54, 1.807) is 4.68 Å². The van der Waals surface area contributed by atoms with Crippen molar-refractivity contribution in [3.63, 3.8) is 0 Å². The van der Waals surface area contributed by atoms with Crippen molar-refractivity contribution in [1.82, 2.24) is 25.1 Å². The van der Waals surface area contributed by atoms with Gasteiger partial charge in [0.05, 0.1) is 13.2 Å². The van der Waals surface area contributed by atoms with E-state index in [4.69, 9.17) is 0 Å². The first-order chi connectivity index (χ1) is 11.1. The maximum Gasteiger partial charge on any atom is 0.407 e. The van der Waals surface area contributed by atoms with Gasteiger partial charge in [-0.2, -0.15) is 5.10 Å². The molecule has 7 nitrogen and oxygen atoms in total. The normalized spacial score (nSPS) is 12.3. The third-order valence-electron chi connectivity index (χ3n) is 3.74. The number of benzene rings is 1. The number of rotatable bonds is 4. The van der Waals surface area contributed by atoms with Crippen molar-refractivity contribution < 1.29 is 9.53 Å². The zero-order chi connectivity index (χ0) is 16.4. The van der Waals surface area contributed by atoms with Gasteiger partial charge in [0, 0.05) is 29.2 Å². The van der Waals surface area contributed by atoms with E-state index < -0.39 is 6.09 Å². The summed E-state index contributed by atoms with van der Waals surface area (Å²) >= 11 is 0. The minimum absolute atomic E-state index is 0.297. The van der Waals surface area contributed by atoms with Gasteiger partial charge in [0.25, 0.3) is 0 Å². The number of para-hydroxylation sites is 1. The standard InChI is InChI=1S/C16H19N5O2/c1-4-21-15(10(2)18-16(22)23-3)19-14(20-21)12-9-17-13-8-6-5-7-11(12)13/h5-10,17H,4H2,1-3H3,(H,18,22). The van der Waals surface area contributed by atoms with E-state index in [0.717, 1.165) is 16.5 Å². The highest BCUT2D eigenvalue weighted by atomic mass is 16.5. The topological polar surface area (TPSA) is 84.8 Å². The fraction of sp³-hybridized carbons (Fsp3) is 0.312. The molecular formula is C16H19N5O2. The maximum absolute atomic E-state index is 11.4. The number of aromatic nitrogens is 4. The average Bonchev–Trinajstić information content (AvgIpc) is 3.18. The molecule has 23 heavy (non-hydrogen) atoms. The smallest absolute Gasteiger partial charge is 0.407 e. The number of alkyl carbamates (subject to hydrolysis) is 1. The van der Waals surface area contributed by atoms with Crippen molar-refractivity contribution >= 4 is 17.0 Å². The van der Waals surface area contributed by atoms with E-state index in [9.17, 15) is 4.79 Å². The molecule has 0 aliphatic rings. The summed E-state index contributed by atoms with van der Waals surface area (Å²) in [5.74, 6) is 1.33. The van der Waals surface area contributed by atoms with Crippen LogP contribution in [0.5, 0.6) is 0 Å². The van der Waals surface area contributed by atoms with Crippen LogP contribution in [0.3, 0.4) is 0 Å². The van der Waals surface area contributed by atoms with Crippen LogP contribution in [-0.4, -0.2) is 33.0 Å². The van der Waals surface area contributed by atoms with Gasteiger partial charge in [-0.25, -0.2) is 14.5 Å². The third-order valence-corrected chi connectivity index (χ3v) is 3.74. The van der Waals surface area contributed by atoms with Gasteiger partial charge in [0.15, 0.2) is 5.82 Å². The highest BCUT2D eigenvalue weighted by molar-refractivity contribution is 5.93. The number of aryl methyl sites for hydroxylation is 1. The number of hydrogen-bond acceptors (Lipinski definition) is 4. The van der Waals surface area contributed by atoms with Crippen LogP contribution in [-0.2, 0) is 11.3 Å². The summed E-state index contributed by atoms with van der Waals surface area (Å²) in [6, 6.07) is 7.71. The molecule has 1 atom stereocenters. The molecule has 2 heterocycles. The van der Waals surface area contributed by atoms with Crippen LogP contribution in [0.4, 0.5) is 4.79 Å². The van der Waals surface area contributed by atoms with Gasteiger partial charge < -0.3 is 15.0 Å². The first-order valence-electron chi connectivity index (χ1n) is 7.49. The average molecular weight is 313 g/mol. The van der Waals surface area contributed by atoms with E-state index in [1.165, 1.54) is 7.11 Å². The predicted octanol–water partition coefficient (Wildman–Crippen LogP) is 2.86. The number of carbonyl (C=O) groups excluding carboxylic acids is 1. The van der Waals surface area contributed by atoms with Gasteiger partial charge in [-0.15, -0.1) is 0 Å². The van der Waals surface area contributed by atoms with E-state index in [1.807, 2.05) is 44.3 Å². The molecule has 2 aromatic heterocycles. The summed E-state index contributed by atoms with van der Waals surface area (Å²) in [4.78, 5) is 19.3. The van der Waals surface area contributed by atoms with Crippen LogP contribution in [0.1, 0.15) is 25.7 Å². The molecule has 0 aliphatic heterocycles. The second kappa shape index (κ2) is 6.12. The molecular weight excluding hydrogens is 294 g/mol. The van der Waals surface area contributed by atoms with Gasteiger partial charge in [-0.05, 0) is 19.9 Å². The van der Waals surface area contributed by atoms with Crippen molar-refractivity contribution in [3.05, 3.63) is 36.3 Å². The van der Waals surface area contributed by atoms with Crippen molar-refractivity contribution in [2.24, 2.45) is 0 Å². The Morgan fingerprint density at radius 1 is 1.43 bits per heavy atom. The Morgan fingerprint density at radius 3 is 2.96 bits per heavy atom. The fourth-order valence-corrected chi connectivity index (χ4v) is 2.58. The quantitative estimate of drug-likeness (QED) is 0.775. The second-order valence-corrected chi connectivity index (χ2v) is 5.21. The Kier molecular flexibility index (Phi) is 4.01. The zero-order valence-corrected chi connectivity index (χ0v) is 13.3. The molecule has 3 aromatic rings. The number of amides is 1. The lowest BCUT2D eigenvalue weighted by atomic mass is 10.2. The molecule has 0 saturated heterocycles. The first kappa shape index (κ1) is 15.1. The number of hydrogen-bond donors (Lipinski definition) is 2. The van der Waals surface area contributed by atoms with E-state index in [-0.39, 0.29) is 6.04 Å². The Bertz CT molecular complexity index is 836. The van der Waals surface area contributed by atoms with Gasteiger partial charge in [-0.1, -0.05) is 18.2 Å². The lowest BCUT2D eigenvalue weighted by Gasteiger charge is -2.12. The summed E-state index contributed by atoms with van der Waals surface area (Å²) in [7, 11) is 1.34. The largest absolute Gasteiger partial charge is 0.453 e. The highest BCUT2D eigenvalue weighted by Gasteiger charge is 2.19. The molecule has 0 radical (unpaired) electrons. The Morgan fingerprint density at radius 2 is 2.22 bits per heavy atom. The number of aromatic amines is 1. The Labute approximate surface area is 133 Å². The van der Waals surface area contributed by atoms with Gasteiger partial charge in [0.2, 0.25) is 0 Å². The first-order valence-corrected chi connectivity index (χ1v) is 7.49. The number of nitrogens with one attached hydrogen (secondary N) is 2. The molecule has 1 aromatic carbocycles. The number of H-pyrrole nitrogens is 1. The monoisotopic (exact) mass is 313 g/mol. The zero-order valence-electron chi connectivity index (χ0n) is 13.3. The van der Waals surface area contributed by atoms with Gasteiger partial charge in [0.1, 0.15) is 5.82 Å². The summed E-state index contributed by atoms with van der Waals surface area (Å²) in [6.45, 7) is 4.51. The molecule has 7 heteroatoms. The lowest BCUT2D eigenvalue weighted by Crippen LogP contribution is -2.28. The summed E-state index contributed by atoms with van der Waals surface area (Å²) in [5.41, 5.74) is 1.98. The molecule has 1 amide bonds. The molecule has 0 fully saturated rings. The van der Waals surface area contributed by atoms with Crippen LogP contribution >= 0.6 is 0 Å². The predicted molar refractivity (Wildman–Crippen MR) is 86.9 cm³/mol. The van der Waals surface area contributed by atoms with Gasteiger partial charge in [-0.3, -0.25) is 0 Å². The number of ether oxygens (including phenoxy) is 1. The van der Waals surface area contributed by atoms with Crippen molar-refractivity contribution in [2.45, 2.75) is 26.4 Å². The number of nitrogens with zero attached hydrogens (tertiary/aromatic N) is 3. The Balaban J connectivity index is 2.00. The molecule has 0 bridgehead atoms. The number of carbonyl (C=O) groups is 1. The molecule has 3 rings (SSSR count). The van der Waals surface area contributed by atoms with E-state index in [2.05, 4.69) is 25.1 Å². The maximum atomic E-state index is 11.4. The summed E-state index contributed by atoms with van der Waals surface area (Å²) in [5, 5.41) is 8.36. The third kappa shape index (κ3) is 2.77. The van der Waals surface area contributed by atoms with Gasteiger partial charge >= 0.3 is 6.09 Å². The number of fused-ring (bicyclic) bond motifs is 1. The molecule has 2 N–H and O–H groups in total. The Hall–Kier alpha value is -2.83. The summed E-state index contributed by atoms with van der Waals surface area (Å²) in [6.07, 6.45) is 1.42. The van der Waals surface area contributed by atoms with Crippen molar-refractivity contribution in [3.8, 4) is 11.4 Å². The minimum Gasteiger partial charge on any atom is -0.453 e. The molecule has 0 aliphatic carbocycles. The van der Waals surface area contributed by atoms with Crippen molar-refractivity contribution in [1.29, 1.82) is 0 Å². The van der Waals surface area contributed by atoms with Crippen LogP contribution < -0.4 is 5.32 Å². The molecule has 0 spiro atoms. The highest BCUT2D eigenvalue weighted by Crippen LogP contribution is 2.27. The molecule has 120 valence electrons. The van der Waals surface area contributed by atoms with Crippen LogP contribution in [0.2, 0.25) is 0 Å². The van der Waals surface area contributed by atoms with Crippen molar-refractivity contribution in [2.75, 3.05) is 7.11 Å². The fourth-order valence-electron chi connectivity index (χ4n) is 2.58. The summed E-state index contributed by atoms with van der Waals surface area (Å²) < 4.78 is 6.43. The molecule has 1 unspecified atom stereocenters. The van der Waals surface area contributed by atoms with Crippen LogP contribution in [0.25, 0.3) is 22.3 Å². The number of methoxy groups -OCH3 is 1. The van der Waals surface area contributed by atoms with E-state index in [0.29, 0.717) is 18.2 Å². The van der Waals surface area contributed by atoms with E-state index >= 15 is 0 Å². The second-order valence-electron chi connectivity index (χ2n) is 5.21.